The normalized spacial score (nSPS) is 12.5. The van der Waals surface area contributed by atoms with Crippen molar-refractivity contribution in [2.45, 2.75) is 5.41 Å². The average Bonchev–Trinajstić information content (AvgIpc) is 3.84. The van der Waals surface area contributed by atoms with Crippen molar-refractivity contribution < 1.29 is 4.74 Å². The van der Waals surface area contributed by atoms with Gasteiger partial charge in [-0.15, -0.1) is 0 Å². The fraction of sp³-hybridized carbons (Fsp3) is 0.0141. The van der Waals surface area contributed by atoms with Gasteiger partial charge in [-0.25, -0.2) is 0 Å². The van der Waals surface area contributed by atoms with Gasteiger partial charge in [0, 0.05) is 50.8 Å². The third-order valence-electron chi connectivity index (χ3n) is 15.1. The van der Waals surface area contributed by atoms with Crippen molar-refractivity contribution in [3.63, 3.8) is 0 Å². The van der Waals surface area contributed by atoms with E-state index in [9.17, 15) is 0 Å². The third kappa shape index (κ3) is 7.04. The minimum absolute atomic E-state index is 0.553. The van der Waals surface area contributed by atoms with E-state index in [0.29, 0.717) is 0 Å². The number of hydrogen-bond donors (Lipinski definition) is 0. The Morgan fingerprint density at radius 2 is 0.730 bits per heavy atom. The summed E-state index contributed by atoms with van der Waals surface area (Å²) in [5.41, 5.74) is 20.2. The van der Waals surface area contributed by atoms with Gasteiger partial charge in [-0.2, -0.15) is 0 Å². The summed E-state index contributed by atoms with van der Waals surface area (Å²) in [6.07, 6.45) is 0. The molecule has 12 aromatic rings. The van der Waals surface area contributed by atoms with Crippen LogP contribution in [0.2, 0.25) is 0 Å². The molecule has 0 spiro atoms. The highest BCUT2D eigenvalue weighted by Gasteiger charge is 2.46. The van der Waals surface area contributed by atoms with E-state index < -0.39 is 5.41 Å². The van der Waals surface area contributed by atoms with Crippen molar-refractivity contribution in [1.82, 2.24) is 0 Å². The number of nitrogens with zero attached hydrogens (tertiary/aromatic N) is 2. The fourth-order valence-corrected chi connectivity index (χ4v) is 11.8. The number of anilines is 6. The minimum atomic E-state index is -0.553. The van der Waals surface area contributed by atoms with Crippen LogP contribution in [0.5, 0.6) is 11.5 Å². The maximum Gasteiger partial charge on any atom is 0.137 e. The number of benzene rings is 12. The van der Waals surface area contributed by atoms with Gasteiger partial charge in [-0.3, -0.25) is 0 Å². The summed E-state index contributed by atoms with van der Waals surface area (Å²) >= 11 is 0. The Balaban J connectivity index is 0.924. The molecule has 0 amide bonds. The highest BCUT2D eigenvalue weighted by Crippen LogP contribution is 2.58. The molecule has 0 fully saturated rings. The maximum absolute atomic E-state index is 7.10. The van der Waals surface area contributed by atoms with Gasteiger partial charge >= 0.3 is 0 Å². The van der Waals surface area contributed by atoms with Crippen LogP contribution in [0.25, 0.3) is 55.3 Å². The van der Waals surface area contributed by atoms with Gasteiger partial charge in [0.05, 0.1) is 11.1 Å². The Morgan fingerprint density at radius 1 is 0.270 bits per heavy atom. The molecule has 0 unspecified atom stereocenters. The minimum Gasteiger partial charge on any atom is -0.456 e. The second-order valence-corrected chi connectivity index (χ2v) is 19.2. The molecule has 0 saturated heterocycles. The number of hydrogen-bond acceptors (Lipinski definition) is 3. The second kappa shape index (κ2) is 17.9. The molecule has 0 saturated carbocycles. The van der Waals surface area contributed by atoms with Crippen LogP contribution in [0.15, 0.2) is 291 Å². The van der Waals surface area contributed by atoms with Crippen LogP contribution in [-0.2, 0) is 5.41 Å². The van der Waals surface area contributed by atoms with Crippen molar-refractivity contribution in [2.75, 3.05) is 9.80 Å². The van der Waals surface area contributed by atoms with E-state index in [4.69, 9.17) is 4.74 Å². The highest BCUT2D eigenvalue weighted by atomic mass is 16.5. The Labute approximate surface area is 432 Å². The molecular formula is C71H48N2O. The predicted octanol–water partition coefficient (Wildman–Crippen LogP) is 19.2. The first-order valence-corrected chi connectivity index (χ1v) is 25.4. The van der Waals surface area contributed by atoms with Gasteiger partial charge < -0.3 is 14.5 Å². The number of rotatable bonds is 10. The molecule has 14 rings (SSSR count). The summed E-state index contributed by atoms with van der Waals surface area (Å²) in [6.45, 7) is 0. The predicted molar refractivity (Wildman–Crippen MR) is 307 cm³/mol. The van der Waals surface area contributed by atoms with Crippen LogP contribution in [0.1, 0.15) is 22.3 Å². The first-order valence-electron chi connectivity index (χ1n) is 25.4. The lowest BCUT2D eigenvalue weighted by Gasteiger charge is -2.35. The summed E-state index contributed by atoms with van der Waals surface area (Å²) < 4.78 is 7.10. The zero-order chi connectivity index (χ0) is 49.0. The van der Waals surface area contributed by atoms with Gasteiger partial charge in [0.15, 0.2) is 0 Å². The highest BCUT2D eigenvalue weighted by molar-refractivity contribution is 6.11. The Bertz CT molecular complexity index is 3930. The molecular weight excluding hydrogens is 897 g/mol. The SMILES string of the molecule is c1ccc(-c2ccc(-c3ccc(N(c4ccc5c(c4)Oc4ccc(N(c6ccccc6)c6ccccc6)c6cccc-5c46)c4ccc5c(c4)C(c4ccccc4)(c4ccccc4)c4ccccc4-5)cc3)cc2)cc1. The first-order chi connectivity index (χ1) is 36.7. The second-order valence-electron chi connectivity index (χ2n) is 19.2. The van der Waals surface area contributed by atoms with Crippen molar-refractivity contribution in [3.8, 4) is 56.0 Å². The molecule has 1 aliphatic carbocycles. The summed E-state index contributed by atoms with van der Waals surface area (Å²) in [4.78, 5) is 4.73. The summed E-state index contributed by atoms with van der Waals surface area (Å²) in [5.74, 6) is 1.65. The Kier molecular flexibility index (Phi) is 10.4. The van der Waals surface area contributed by atoms with E-state index in [1.165, 1.54) is 50.1 Å². The van der Waals surface area contributed by atoms with Crippen LogP contribution in [-0.4, -0.2) is 0 Å². The van der Waals surface area contributed by atoms with Crippen LogP contribution < -0.4 is 14.5 Å². The van der Waals surface area contributed by atoms with E-state index >= 15 is 0 Å². The number of fused-ring (bicyclic) bond motifs is 5. The fourth-order valence-electron chi connectivity index (χ4n) is 11.8. The molecule has 0 bridgehead atoms. The molecule has 2 aliphatic rings. The quantitative estimate of drug-likeness (QED) is 0.136. The summed E-state index contributed by atoms with van der Waals surface area (Å²) in [6, 6.07) is 105. The summed E-state index contributed by atoms with van der Waals surface area (Å²) in [5, 5.41) is 2.22. The largest absolute Gasteiger partial charge is 0.456 e. The molecule has 0 radical (unpaired) electrons. The van der Waals surface area contributed by atoms with E-state index in [1.807, 2.05) is 0 Å². The number of para-hydroxylation sites is 2. The molecule has 0 atom stereocenters. The maximum atomic E-state index is 7.10. The molecule has 74 heavy (non-hydrogen) atoms. The summed E-state index contributed by atoms with van der Waals surface area (Å²) in [7, 11) is 0. The van der Waals surface area contributed by atoms with Gasteiger partial charge in [-0.05, 0) is 134 Å². The van der Waals surface area contributed by atoms with Crippen LogP contribution in [0.3, 0.4) is 0 Å². The van der Waals surface area contributed by atoms with Crippen molar-refractivity contribution >= 4 is 44.9 Å². The van der Waals surface area contributed by atoms with Crippen LogP contribution >= 0.6 is 0 Å². The van der Waals surface area contributed by atoms with Gasteiger partial charge in [-0.1, -0.05) is 212 Å². The topological polar surface area (TPSA) is 15.7 Å². The van der Waals surface area contributed by atoms with Crippen molar-refractivity contribution in [3.05, 3.63) is 313 Å². The average molecular weight is 945 g/mol. The monoisotopic (exact) mass is 944 g/mol. The van der Waals surface area contributed by atoms with E-state index in [2.05, 4.69) is 301 Å². The molecule has 1 aliphatic heterocycles. The molecule has 0 aromatic heterocycles. The van der Waals surface area contributed by atoms with Crippen LogP contribution in [0.4, 0.5) is 34.1 Å². The van der Waals surface area contributed by atoms with E-state index in [-0.39, 0.29) is 0 Å². The van der Waals surface area contributed by atoms with E-state index in [1.54, 1.807) is 0 Å². The van der Waals surface area contributed by atoms with Crippen molar-refractivity contribution in [2.24, 2.45) is 0 Å². The first kappa shape index (κ1) is 43.1. The van der Waals surface area contributed by atoms with E-state index in [0.717, 1.165) is 73.1 Å². The molecule has 3 heteroatoms. The molecule has 348 valence electrons. The molecule has 1 heterocycles. The van der Waals surface area contributed by atoms with Gasteiger partial charge in [0.1, 0.15) is 11.5 Å². The van der Waals surface area contributed by atoms with Gasteiger partial charge in [0.25, 0.3) is 0 Å². The smallest absolute Gasteiger partial charge is 0.137 e. The van der Waals surface area contributed by atoms with Gasteiger partial charge in [0.2, 0.25) is 0 Å². The zero-order valence-corrected chi connectivity index (χ0v) is 40.5. The Hall–Kier alpha value is -9.70. The number of ether oxygens (including phenoxy) is 1. The molecule has 12 aromatic carbocycles. The lowest BCUT2D eigenvalue weighted by atomic mass is 9.67. The third-order valence-corrected chi connectivity index (χ3v) is 15.1. The lowest BCUT2D eigenvalue weighted by molar-refractivity contribution is 0.487. The standard InChI is InChI=1S/C71H48N2O/c1-6-19-49(20-7-1)50-33-35-51(36-34-50)52-37-39-57(40-38-52)72(58-41-43-61-60-29-16-17-32-65(60)71(66(61)47-58,53-21-8-2-9-22-53)54-23-10-3-11-24-54)59-42-44-62-63-30-18-31-64-67(45-46-68(70(63)64)74-69(62)48-59)73(55-25-12-4-13-26-55)56-27-14-5-15-28-56/h1-48H. The van der Waals surface area contributed by atoms with Crippen LogP contribution in [0, 0.1) is 0 Å². The molecule has 3 nitrogen and oxygen atoms in total. The molecule has 0 N–H and O–H groups in total. The van der Waals surface area contributed by atoms with Crippen molar-refractivity contribution in [1.29, 1.82) is 0 Å². The Morgan fingerprint density at radius 3 is 1.35 bits per heavy atom. The lowest BCUT2D eigenvalue weighted by Crippen LogP contribution is -2.28. The zero-order valence-electron chi connectivity index (χ0n) is 40.5.